The Morgan fingerprint density at radius 1 is 1.37 bits per heavy atom. The molecule has 4 fully saturated rings. The highest BCUT2D eigenvalue weighted by molar-refractivity contribution is 6.02. The van der Waals surface area contributed by atoms with E-state index < -0.39 is 37.2 Å². The molecule has 2 aromatic heterocycles. The van der Waals surface area contributed by atoms with Gasteiger partial charge in [-0.25, -0.2) is 13.6 Å². The maximum Gasteiger partial charge on any atom is 0.407 e. The number of aliphatic hydroxyl groups excluding tert-OH is 1. The summed E-state index contributed by atoms with van der Waals surface area (Å²) in [5.74, 6) is -0.405. The largest absolute Gasteiger partial charge is 0.471 e. The van der Waals surface area contributed by atoms with Gasteiger partial charge in [0.05, 0.1) is 12.3 Å². The van der Waals surface area contributed by atoms with Gasteiger partial charge in [-0.3, -0.25) is 14.6 Å². The number of nitrogens with zero attached hydrogens (tertiary/aromatic N) is 3. The first kappa shape index (κ1) is 23.5. The van der Waals surface area contributed by atoms with E-state index in [1.165, 1.54) is 17.8 Å². The second kappa shape index (κ2) is 8.75. The van der Waals surface area contributed by atoms with Gasteiger partial charge in [-0.15, -0.1) is 5.10 Å². The SMILES string of the molecule is Cn1nc(OCC(F)F)cc1C(=O)Nc1cc([C@H]2CC(OC(=O)NC34CC(CO)(C3)C4)CO2)[nH]n1. The van der Waals surface area contributed by atoms with Crippen molar-refractivity contribution in [2.24, 2.45) is 12.5 Å². The van der Waals surface area contributed by atoms with E-state index in [9.17, 15) is 23.5 Å². The van der Waals surface area contributed by atoms with Crippen LogP contribution in [0.3, 0.4) is 0 Å². The number of alkyl halides is 2. The van der Waals surface area contributed by atoms with Crippen molar-refractivity contribution in [3.05, 3.63) is 23.5 Å². The van der Waals surface area contributed by atoms with E-state index in [1.807, 2.05) is 0 Å². The maximum absolute atomic E-state index is 12.5. The van der Waals surface area contributed by atoms with Crippen LogP contribution in [0.25, 0.3) is 0 Å². The summed E-state index contributed by atoms with van der Waals surface area (Å²) >= 11 is 0. The lowest BCUT2D eigenvalue weighted by atomic mass is 9.40. The van der Waals surface area contributed by atoms with Gasteiger partial charge in [-0.2, -0.15) is 5.10 Å². The Bertz CT molecular complexity index is 1100. The molecule has 3 saturated carbocycles. The lowest BCUT2D eigenvalue weighted by Gasteiger charge is -2.69. The molecule has 4 aliphatic rings. The molecule has 1 aliphatic heterocycles. The van der Waals surface area contributed by atoms with Crippen LogP contribution in [0.15, 0.2) is 12.1 Å². The molecule has 1 unspecified atom stereocenters. The summed E-state index contributed by atoms with van der Waals surface area (Å²) < 4.78 is 41.9. The summed E-state index contributed by atoms with van der Waals surface area (Å²) in [6.45, 7) is -0.447. The van der Waals surface area contributed by atoms with Gasteiger partial charge in [0.15, 0.2) is 12.4 Å². The smallest absolute Gasteiger partial charge is 0.407 e. The molecule has 3 aliphatic carbocycles. The minimum Gasteiger partial charge on any atom is -0.471 e. The van der Waals surface area contributed by atoms with E-state index in [-0.39, 0.29) is 41.6 Å². The third kappa shape index (κ3) is 4.67. The molecule has 3 heterocycles. The molecule has 35 heavy (non-hydrogen) atoms. The van der Waals surface area contributed by atoms with E-state index in [4.69, 9.17) is 14.2 Å². The van der Waals surface area contributed by atoms with Crippen LogP contribution in [0.4, 0.5) is 19.4 Å². The predicted octanol–water partition coefficient (Wildman–Crippen LogP) is 1.51. The lowest BCUT2D eigenvalue weighted by Crippen LogP contribution is -2.75. The van der Waals surface area contributed by atoms with Gasteiger partial charge in [-0.1, -0.05) is 0 Å². The van der Waals surface area contributed by atoms with Crippen LogP contribution >= 0.6 is 0 Å². The number of rotatable bonds is 9. The maximum atomic E-state index is 12.5. The first-order valence-corrected chi connectivity index (χ1v) is 11.2. The number of anilines is 1. The van der Waals surface area contributed by atoms with Crippen LogP contribution in [0.1, 0.15) is 48.0 Å². The molecule has 0 spiro atoms. The molecule has 12 nitrogen and oxygen atoms in total. The Morgan fingerprint density at radius 3 is 2.86 bits per heavy atom. The number of hydrogen-bond acceptors (Lipinski definition) is 8. The van der Waals surface area contributed by atoms with Crippen molar-refractivity contribution in [2.75, 3.05) is 25.1 Å². The number of aromatic nitrogens is 4. The monoisotopic (exact) mass is 496 g/mol. The molecule has 4 N–H and O–H groups in total. The molecule has 0 aromatic carbocycles. The molecular weight excluding hydrogens is 470 g/mol. The molecule has 6 rings (SSSR count). The van der Waals surface area contributed by atoms with Gasteiger partial charge in [0.1, 0.15) is 17.9 Å². The quantitative estimate of drug-likeness (QED) is 0.408. The van der Waals surface area contributed by atoms with Crippen molar-refractivity contribution in [3.63, 3.8) is 0 Å². The number of carbonyl (C=O) groups excluding carboxylic acids is 2. The fraction of sp³-hybridized carbons (Fsp3) is 0.619. The highest BCUT2D eigenvalue weighted by atomic mass is 19.3. The van der Waals surface area contributed by atoms with Crippen LogP contribution < -0.4 is 15.4 Å². The minimum absolute atomic E-state index is 0.0102. The van der Waals surface area contributed by atoms with Gasteiger partial charge < -0.3 is 30.0 Å². The summed E-state index contributed by atoms with van der Waals surface area (Å²) in [5, 5.41) is 25.6. The summed E-state index contributed by atoms with van der Waals surface area (Å²) in [4.78, 5) is 24.8. The number of aromatic amines is 1. The van der Waals surface area contributed by atoms with Gasteiger partial charge in [0.2, 0.25) is 5.88 Å². The Balaban J connectivity index is 1.10. The number of alkyl carbamates (subject to hydrolysis) is 1. The number of aryl methyl sites for hydroxylation is 1. The summed E-state index contributed by atoms with van der Waals surface area (Å²) in [5.41, 5.74) is 0.453. The second-order valence-corrected chi connectivity index (χ2v) is 9.53. The van der Waals surface area contributed by atoms with Crippen LogP contribution in [-0.4, -0.2) is 75.0 Å². The average molecular weight is 496 g/mol. The molecule has 2 amide bonds. The molecule has 14 heteroatoms. The Labute approximate surface area is 198 Å². The van der Waals surface area contributed by atoms with Crippen molar-refractivity contribution < 1.29 is 37.7 Å². The fourth-order valence-electron chi connectivity index (χ4n) is 5.21. The Hall–Kier alpha value is -3.26. The number of halogens is 2. The summed E-state index contributed by atoms with van der Waals surface area (Å²) in [6, 6.07) is 2.86. The van der Waals surface area contributed by atoms with Crippen molar-refractivity contribution in [2.45, 2.75) is 49.9 Å². The zero-order chi connectivity index (χ0) is 24.8. The zero-order valence-corrected chi connectivity index (χ0v) is 18.9. The number of ether oxygens (including phenoxy) is 3. The normalized spacial score (nSPS) is 28.8. The van der Waals surface area contributed by atoms with Gasteiger partial charge in [0, 0.05) is 43.2 Å². The molecule has 1 saturated heterocycles. The Kier molecular flexibility index (Phi) is 5.87. The average Bonchev–Trinajstić information content (AvgIpc) is 3.48. The predicted molar refractivity (Wildman–Crippen MR) is 114 cm³/mol. The van der Waals surface area contributed by atoms with Gasteiger partial charge >= 0.3 is 6.09 Å². The summed E-state index contributed by atoms with van der Waals surface area (Å²) in [6.07, 6.45) is -1.21. The van der Waals surface area contributed by atoms with E-state index in [0.717, 1.165) is 19.3 Å². The number of H-pyrrole nitrogens is 1. The van der Waals surface area contributed by atoms with Gasteiger partial charge in [0.25, 0.3) is 12.3 Å². The highest BCUT2D eigenvalue weighted by Gasteiger charge is 2.68. The topological polar surface area (TPSA) is 153 Å². The lowest BCUT2D eigenvalue weighted by molar-refractivity contribution is -0.174. The summed E-state index contributed by atoms with van der Waals surface area (Å²) in [7, 11) is 1.49. The van der Waals surface area contributed by atoms with Crippen molar-refractivity contribution in [1.82, 2.24) is 25.3 Å². The second-order valence-electron chi connectivity index (χ2n) is 9.53. The number of aliphatic hydroxyl groups is 1. The van der Waals surface area contributed by atoms with E-state index >= 15 is 0 Å². The van der Waals surface area contributed by atoms with Gasteiger partial charge in [-0.05, 0) is 19.3 Å². The zero-order valence-electron chi connectivity index (χ0n) is 18.9. The molecule has 0 radical (unpaired) electrons. The molecule has 190 valence electrons. The molecule has 2 aromatic rings. The van der Waals surface area contributed by atoms with Crippen LogP contribution in [0, 0.1) is 5.41 Å². The fourth-order valence-corrected chi connectivity index (χ4v) is 5.21. The highest BCUT2D eigenvalue weighted by Crippen LogP contribution is 2.66. The first-order chi connectivity index (χ1) is 16.7. The third-order valence-corrected chi connectivity index (χ3v) is 6.71. The van der Waals surface area contributed by atoms with E-state index in [1.54, 1.807) is 6.07 Å². The van der Waals surface area contributed by atoms with Crippen molar-refractivity contribution in [1.29, 1.82) is 0 Å². The molecular formula is C21H26F2N6O6. The number of carbonyl (C=O) groups is 2. The van der Waals surface area contributed by atoms with Crippen molar-refractivity contribution in [3.8, 4) is 5.88 Å². The van der Waals surface area contributed by atoms with E-state index in [2.05, 4.69) is 25.9 Å². The third-order valence-electron chi connectivity index (χ3n) is 6.71. The van der Waals surface area contributed by atoms with Crippen LogP contribution in [-0.2, 0) is 16.5 Å². The number of nitrogens with one attached hydrogen (secondary N) is 3. The standard InChI is InChI=1S/C21H26F2N6O6/c1-29-13(4-17(28-29)34-6-15(22)23)18(31)24-16-3-12(26-27-16)14-2-11(5-33-14)35-19(32)25-21-7-20(8-21,9-21)10-30/h3-4,11,14-15,30H,2,5-10H2,1H3,(H,25,32)(H2,24,26,27,31)/t11?,14-,20?,21?/m1/s1. The van der Waals surface area contributed by atoms with Crippen LogP contribution in [0.2, 0.25) is 0 Å². The van der Waals surface area contributed by atoms with E-state index in [0.29, 0.717) is 12.1 Å². The minimum atomic E-state index is -2.65. The van der Waals surface area contributed by atoms with Crippen molar-refractivity contribution >= 4 is 17.8 Å². The Morgan fingerprint density at radius 2 is 2.14 bits per heavy atom. The van der Waals surface area contributed by atoms with Crippen LogP contribution in [0.5, 0.6) is 5.88 Å². The number of hydrogen-bond donors (Lipinski definition) is 4. The molecule has 2 atom stereocenters. The number of amides is 2. The molecule has 2 bridgehead atoms. The first-order valence-electron chi connectivity index (χ1n) is 11.2.